The van der Waals surface area contributed by atoms with Gasteiger partial charge in [0.1, 0.15) is 23.7 Å². The van der Waals surface area contributed by atoms with Gasteiger partial charge < -0.3 is 25.3 Å². The molecule has 1 unspecified atom stereocenters. The second kappa shape index (κ2) is 12.6. The van der Waals surface area contributed by atoms with Crippen LogP contribution in [0.4, 0.5) is 4.79 Å². The third kappa shape index (κ3) is 7.45. The Bertz CT molecular complexity index is 1350. The van der Waals surface area contributed by atoms with Gasteiger partial charge in [0.15, 0.2) is 0 Å². The summed E-state index contributed by atoms with van der Waals surface area (Å²) in [6.07, 6.45) is -0.980. The van der Waals surface area contributed by atoms with E-state index in [-0.39, 0.29) is 68.4 Å². The fourth-order valence-electron chi connectivity index (χ4n) is 4.08. The molecule has 2 heterocycles. The summed E-state index contributed by atoms with van der Waals surface area (Å²) in [4.78, 5) is 30.7. The summed E-state index contributed by atoms with van der Waals surface area (Å²) in [5.74, 6) is 0.351. The molecular formula is C27H31ClN3NaO7. The molecule has 1 N–H and O–H groups in total. The number of carbonyl (C=O) groups excluding carboxylic acids is 1. The minimum absolute atomic E-state index is 0. The summed E-state index contributed by atoms with van der Waals surface area (Å²) in [6, 6.07) is 9.57. The summed E-state index contributed by atoms with van der Waals surface area (Å²) in [7, 11) is 0. The number of carboxylic acid groups (broad SMARTS) is 1. The quantitative estimate of drug-likeness (QED) is 0.447. The van der Waals surface area contributed by atoms with Crippen molar-refractivity contribution < 1.29 is 64.4 Å². The molecule has 0 saturated heterocycles. The Morgan fingerprint density at radius 1 is 1.26 bits per heavy atom. The van der Waals surface area contributed by atoms with Crippen LogP contribution < -0.4 is 39.0 Å². The van der Waals surface area contributed by atoms with Gasteiger partial charge in [0.05, 0.1) is 35.7 Å². The largest absolute Gasteiger partial charge is 1.00 e. The van der Waals surface area contributed by atoms with Gasteiger partial charge in [-0.3, -0.25) is 9.69 Å². The van der Waals surface area contributed by atoms with Gasteiger partial charge in [-0.25, -0.2) is 4.79 Å². The average Bonchev–Trinajstić information content (AvgIpc) is 3.23. The predicted octanol–water partition coefficient (Wildman–Crippen LogP) is 3.11. The number of amides is 1. The first-order chi connectivity index (χ1) is 17.9. The summed E-state index contributed by atoms with van der Waals surface area (Å²) in [5, 5.41) is 14.2. The second-order valence-corrected chi connectivity index (χ2v) is 10.5. The molecule has 0 bridgehead atoms. The van der Waals surface area contributed by atoms with Crippen molar-refractivity contribution >= 4 is 23.7 Å². The fraction of sp³-hybridized carbons (Fsp3) is 0.407. The third-order valence-corrected chi connectivity index (χ3v) is 5.86. The summed E-state index contributed by atoms with van der Waals surface area (Å²) >= 11 is 6.37. The summed E-state index contributed by atoms with van der Waals surface area (Å²) in [6.45, 7) is 9.34. The van der Waals surface area contributed by atoms with Gasteiger partial charge in [0.25, 0.3) is 5.89 Å². The number of rotatable bonds is 6. The standard InChI is InChI=1S/C27H30ClN3O7.Na.H/c1-15(2)36-21-10-9-16(13-19(21)28)25-29-24(30-38-25)18-8-6-7-17-20(14-22(32)33)31(11-12-35-23(17)18)26(34)37-27(3,4)5;;/h6-10,13,15,20H,11-12,14H2,1-5H3,(H,32,33);;/q;+1;-1. The number of aromatic nitrogens is 2. The maximum absolute atomic E-state index is 13.0. The van der Waals surface area contributed by atoms with Gasteiger partial charge in [-0.05, 0) is 58.9 Å². The van der Waals surface area contributed by atoms with Gasteiger partial charge in [-0.1, -0.05) is 28.9 Å². The zero-order valence-electron chi connectivity index (χ0n) is 23.9. The topological polar surface area (TPSA) is 124 Å². The first kappa shape index (κ1) is 30.7. The molecule has 0 aliphatic carbocycles. The molecule has 0 fully saturated rings. The van der Waals surface area contributed by atoms with E-state index in [0.29, 0.717) is 33.2 Å². The molecule has 1 amide bonds. The molecule has 0 spiro atoms. The first-order valence-corrected chi connectivity index (χ1v) is 12.6. The second-order valence-electron chi connectivity index (χ2n) is 10.1. The smallest absolute Gasteiger partial charge is 1.00 e. The van der Waals surface area contributed by atoms with Crippen LogP contribution in [0.1, 0.15) is 54.1 Å². The van der Waals surface area contributed by atoms with E-state index < -0.39 is 23.7 Å². The Balaban J connectivity index is 0.00000280. The number of benzene rings is 2. The molecule has 10 nitrogen and oxygen atoms in total. The number of fused-ring (bicyclic) bond motifs is 1. The van der Waals surface area contributed by atoms with Crippen LogP contribution in [0.25, 0.3) is 22.8 Å². The molecule has 12 heteroatoms. The van der Waals surface area contributed by atoms with E-state index in [2.05, 4.69) is 10.1 Å². The van der Waals surface area contributed by atoms with Crippen LogP contribution in [0.5, 0.6) is 11.5 Å². The normalized spacial score (nSPS) is 15.1. The van der Waals surface area contributed by atoms with Crippen LogP contribution >= 0.6 is 11.6 Å². The predicted molar refractivity (Wildman–Crippen MR) is 140 cm³/mol. The van der Waals surface area contributed by atoms with Gasteiger partial charge in [-0.15, -0.1) is 0 Å². The van der Waals surface area contributed by atoms with E-state index in [1.54, 1.807) is 57.2 Å². The Morgan fingerprint density at radius 3 is 2.64 bits per heavy atom. The van der Waals surface area contributed by atoms with E-state index in [1.165, 1.54) is 4.90 Å². The van der Waals surface area contributed by atoms with Crippen LogP contribution in [0.15, 0.2) is 40.9 Å². The molecule has 1 aromatic heterocycles. The van der Waals surface area contributed by atoms with Crippen LogP contribution in [0.2, 0.25) is 5.02 Å². The van der Waals surface area contributed by atoms with Gasteiger partial charge in [0.2, 0.25) is 5.82 Å². The van der Waals surface area contributed by atoms with Crippen LogP contribution in [0, 0.1) is 0 Å². The van der Waals surface area contributed by atoms with Crippen molar-refractivity contribution in [1.82, 2.24) is 15.0 Å². The molecule has 39 heavy (non-hydrogen) atoms. The number of ether oxygens (including phenoxy) is 3. The molecule has 1 atom stereocenters. The minimum Gasteiger partial charge on any atom is -1.00 e. The van der Waals surface area contributed by atoms with Gasteiger partial charge in [-0.2, -0.15) is 4.98 Å². The van der Waals surface area contributed by atoms with E-state index >= 15 is 0 Å². The van der Waals surface area contributed by atoms with Crippen molar-refractivity contribution in [3.63, 3.8) is 0 Å². The molecule has 3 aromatic rings. The van der Waals surface area contributed by atoms with Crippen molar-refractivity contribution in [3.05, 3.63) is 47.0 Å². The number of halogens is 1. The molecule has 0 radical (unpaired) electrons. The summed E-state index contributed by atoms with van der Waals surface area (Å²) < 4.78 is 22.8. The number of carboxylic acids is 1. The zero-order chi connectivity index (χ0) is 27.6. The Morgan fingerprint density at radius 2 is 2.00 bits per heavy atom. The van der Waals surface area contributed by atoms with E-state index in [4.69, 9.17) is 30.3 Å². The molecule has 2 aromatic carbocycles. The summed E-state index contributed by atoms with van der Waals surface area (Å²) in [5.41, 5.74) is 0.876. The first-order valence-electron chi connectivity index (χ1n) is 12.2. The zero-order valence-corrected chi connectivity index (χ0v) is 25.6. The monoisotopic (exact) mass is 567 g/mol. The minimum atomic E-state index is -1.06. The third-order valence-electron chi connectivity index (χ3n) is 5.56. The van der Waals surface area contributed by atoms with Crippen LogP contribution in [-0.4, -0.2) is 57.1 Å². The van der Waals surface area contributed by atoms with E-state index in [9.17, 15) is 14.7 Å². The Hall–Kier alpha value is -2.79. The maximum atomic E-state index is 13.0. The van der Waals surface area contributed by atoms with Gasteiger partial charge >= 0.3 is 41.6 Å². The van der Waals surface area contributed by atoms with Crippen LogP contribution in [0.3, 0.4) is 0 Å². The van der Waals surface area contributed by atoms with Crippen molar-refractivity contribution in [2.45, 2.75) is 58.8 Å². The number of carbonyl (C=O) groups is 2. The number of hydrogen-bond donors (Lipinski definition) is 1. The SMILES string of the molecule is CC(C)Oc1ccc(-c2nc(-c3cccc4c3OCCN(C(=O)OC(C)(C)C)C4CC(=O)O)no2)cc1Cl.[H-].[Na+]. The molecule has 204 valence electrons. The Kier molecular flexibility index (Phi) is 9.93. The fourth-order valence-corrected chi connectivity index (χ4v) is 4.31. The van der Waals surface area contributed by atoms with Crippen molar-refractivity contribution in [2.75, 3.05) is 13.2 Å². The number of aliphatic carboxylic acids is 1. The van der Waals surface area contributed by atoms with Crippen molar-refractivity contribution in [1.29, 1.82) is 0 Å². The average molecular weight is 568 g/mol. The van der Waals surface area contributed by atoms with Crippen LogP contribution in [-0.2, 0) is 9.53 Å². The molecular weight excluding hydrogens is 537 g/mol. The van der Waals surface area contributed by atoms with Crippen molar-refractivity contribution in [2.24, 2.45) is 0 Å². The Labute approximate surface area is 255 Å². The molecule has 1 aliphatic heterocycles. The van der Waals surface area contributed by atoms with Crippen molar-refractivity contribution in [3.8, 4) is 34.3 Å². The maximum Gasteiger partial charge on any atom is 1.00 e. The number of nitrogens with zero attached hydrogens (tertiary/aromatic N) is 3. The molecule has 0 saturated carbocycles. The van der Waals surface area contributed by atoms with E-state index in [1.807, 2.05) is 13.8 Å². The number of hydrogen-bond acceptors (Lipinski definition) is 8. The molecule has 4 rings (SSSR count). The van der Waals surface area contributed by atoms with Gasteiger partial charge in [0, 0.05) is 11.1 Å². The number of para-hydroxylation sites is 1. The van der Waals surface area contributed by atoms with E-state index in [0.717, 1.165) is 0 Å². The molecule has 1 aliphatic rings.